The van der Waals surface area contributed by atoms with Crippen molar-refractivity contribution in [3.8, 4) is 0 Å². The van der Waals surface area contributed by atoms with E-state index in [1.165, 1.54) is 16.4 Å². The van der Waals surface area contributed by atoms with Gasteiger partial charge in [-0.3, -0.25) is 4.68 Å². The average molecular weight is 314 g/mol. The SMILES string of the molecule is CCCNC(Cc1c(C)nn(C)c1Cl)c1snnc1C. The van der Waals surface area contributed by atoms with Crippen LogP contribution in [-0.2, 0) is 13.5 Å². The lowest BCUT2D eigenvalue weighted by Crippen LogP contribution is -2.24. The molecule has 0 aromatic carbocycles. The van der Waals surface area contributed by atoms with Crippen LogP contribution in [0.5, 0.6) is 0 Å². The molecule has 0 bridgehead atoms. The Hall–Kier alpha value is -0.980. The third kappa shape index (κ3) is 3.19. The number of hydrogen-bond donors (Lipinski definition) is 1. The van der Waals surface area contributed by atoms with Gasteiger partial charge in [0.15, 0.2) is 0 Å². The molecule has 0 saturated carbocycles. The predicted molar refractivity (Wildman–Crippen MR) is 82.3 cm³/mol. The highest BCUT2D eigenvalue weighted by Gasteiger charge is 2.21. The van der Waals surface area contributed by atoms with Crippen molar-refractivity contribution in [3.05, 3.63) is 27.0 Å². The summed E-state index contributed by atoms with van der Waals surface area (Å²) in [5.41, 5.74) is 3.06. The Morgan fingerprint density at radius 3 is 2.60 bits per heavy atom. The Morgan fingerprint density at radius 2 is 2.10 bits per heavy atom. The van der Waals surface area contributed by atoms with E-state index in [-0.39, 0.29) is 6.04 Å². The molecule has 0 fully saturated rings. The Kier molecular flexibility index (Phi) is 5.12. The van der Waals surface area contributed by atoms with Crippen LogP contribution in [0.3, 0.4) is 0 Å². The molecular weight excluding hydrogens is 294 g/mol. The second kappa shape index (κ2) is 6.65. The highest BCUT2D eigenvalue weighted by atomic mass is 35.5. The van der Waals surface area contributed by atoms with Gasteiger partial charge in [0.1, 0.15) is 5.15 Å². The highest BCUT2D eigenvalue weighted by molar-refractivity contribution is 7.05. The van der Waals surface area contributed by atoms with E-state index in [0.717, 1.165) is 36.3 Å². The summed E-state index contributed by atoms with van der Waals surface area (Å²) in [4.78, 5) is 1.18. The first-order valence-corrected chi connectivity index (χ1v) is 7.89. The minimum absolute atomic E-state index is 0.190. The van der Waals surface area contributed by atoms with Crippen LogP contribution in [0.1, 0.15) is 41.2 Å². The Bertz CT molecular complexity index is 577. The molecule has 2 rings (SSSR count). The Labute approximate surface area is 128 Å². The second-order valence-electron chi connectivity index (χ2n) is 4.91. The second-order valence-corrected chi connectivity index (χ2v) is 6.06. The van der Waals surface area contributed by atoms with Crippen molar-refractivity contribution < 1.29 is 0 Å². The largest absolute Gasteiger partial charge is 0.309 e. The molecule has 0 saturated heterocycles. The van der Waals surface area contributed by atoms with E-state index in [2.05, 4.69) is 26.9 Å². The molecule has 0 aliphatic heterocycles. The first-order valence-electron chi connectivity index (χ1n) is 6.74. The monoisotopic (exact) mass is 313 g/mol. The van der Waals surface area contributed by atoms with Gasteiger partial charge in [0.05, 0.1) is 16.3 Å². The summed E-state index contributed by atoms with van der Waals surface area (Å²) in [6, 6.07) is 0.190. The molecule has 110 valence electrons. The molecule has 1 atom stereocenters. The number of aryl methyl sites for hydroxylation is 3. The summed E-state index contributed by atoms with van der Waals surface area (Å²) < 4.78 is 5.76. The van der Waals surface area contributed by atoms with Gasteiger partial charge in [-0.2, -0.15) is 5.10 Å². The van der Waals surface area contributed by atoms with Gasteiger partial charge < -0.3 is 5.32 Å². The molecule has 0 aliphatic rings. The maximum atomic E-state index is 6.34. The van der Waals surface area contributed by atoms with Gasteiger partial charge in [-0.05, 0) is 44.8 Å². The summed E-state index contributed by atoms with van der Waals surface area (Å²) in [6.45, 7) is 7.11. The average Bonchev–Trinajstić information content (AvgIpc) is 2.93. The minimum Gasteiger partial charge on any atom is -0.309 e. The first kappa shape index (κ1) is 15.4. The molecule has 20 heavy (non-hydrogen) atoms. The lowest BCUT2D eigenvalue weighted by atomic mass is 10.0. The number of aromatic nitrogens is 4. The summed E-state index contributed by atoms with van der Waals surface area (Å²) in [5, 5.41) is 12.8. The van der Waals surface area contributed by atoms with E-state index in [1.54, 1.807) is 4.68 Å². The molecule has 2 aromatic heterocycles. The fourth-order valence-electron chi connectivity index (χ4n) is 2.24. The van der Waals surface area contributed by atoms with Gasteiger partial charge in [-0.1, -0.05) is 23.0 Å². The van der Waals surface area contributed by atoms with Crippen molar-refractivity contribution in [2.75, 3.05) is 6.54 Å². The Balaban J connectivity index is 2.26. The smallest absolute Gasteiger partial charge is 0.130 e. The third-order valence-corrected chi connectivity index (χ3v) is 4.73. The van der Waals surface area contributed by atoms with E-state index in [4.69, 9.17) is 11.6 Å². The maximum Gasteiger partial charge on any atom is 0.130 e. The van der Waals surface area contributed by atoms with Gasteiger partial charge in [0.25, 0.3) is 0 Å². The molecule has 1 N–H and O–H groups in total. The number of rotatable bonds is 6. The molecular formula is C13H20ClN5S. The van der Waals surface area contributed by atoms with Crippen molar-refractivity contribution in [1.82, 2.24) is 24.7 Å². The van der Waals surface area contributed by atoms with Gasteiger partial charge in [-0.25, -0.2) is 0 Å². The van der Waals surface area contributed by atoms with E-state index >= 15 is 0 Å². The van der Waals surface area contributed by atoms with Crippen molar-refractivity contribution in [2.24, 2.45) is 7.05 Å². The number of nitrogens with one attached hydrogen (secondary N) is 1. The maximum absolute atomic E-state index is 6.34. The number of halogens is 1. The zero-order valence-corrected chi connectivity index (χ0v) is 13.8. The molecule has 0 radical (unpaired) electrons. The van der Waals surface area contributed by atoms with Crippen LogP contribution in [0.25, 0.3) is 0 Å². The molecule has 0 aliphatic carbocycles. The normalized spacial score (nSPS) is 12.8. The number of nitrogens with zero attached hydrogens (tertiary/aromatic N) is 4. The fraction of sp³-hybridized carbons (Fsp3) is 0.615. The summed E-state index contributed by atoms with van der Waals surface area (Å²) >= 11 is 7.79. The van der Waals surface area contributed by atoms with Crippen LogP contribution in [0.15, 0.2) is 0 Å². The molecule has 7 heteroatoms. The van der Waals surface area contributed by atoms with Gasteiger partial charge >= 0.3 is 0 Å². The topological polar surface area (TPSA) is 55.6 Å². The summed E-state index contributed by atoms with van der Waals surface area (Å²) in [5.74, 6) is 0. The standard InChI is InChI=1S/C13H20ClN5S/c1-5-6-15-11(12-9(3)16-18-20-12)7-10-8(2)17-19(4)13(10)14/h11,15H,5-7H2,1-4H3. The molecule has 0 amide bonds. The van der Waals surface area contributed by atoms with Gasteiger partial charge in [0, 0.05) is 18.7 Å². The molecule has 1 unspecified atom stereocenters. The van der Waals surface area contributed by atoms with Crippen molar-refractivity contribution in [1.29, 1.82) is 0 Å². The fourth-order valence-corrected chi connectivity index (χ4v) is 3.21. The van der Waals surface area contributed by atoms with Crippen LogP contribution in [-0.4, -0.2) is 25.9 Å². The third-order valence-electron chi connectivity index (χ3n) is 3.32. The molecule has 5 nitrogen and oxygen atoms in total. The van der Waals surface area contributed by atoms with Crippen molar-refractivity contribution in [3.63, 3.8) is 0 Å². The zero-order valence-electron chi connectivity index (χ0n) is 12.3. The lowest BCUT2D eigenvalue weighted by molar-refractivity contribution is 0.533. The van der Waals surface area contributed by atoms with Crippen molar-refractivity contribution in [2.45, 2.75) is 39.7 Å². The lowest BCUT2D eigenvalue weighted by Gasteiger charge is -2.17. The van der Waals surface area contributed by atoms with Gasteiger partial charge in [0.2, 0.25) is 0 Å². The van der Waals surface area contributed by atoms with E-state index in [1.807, 2.05) is 20.9 Å². The van der Waals surface area contributed by atoms with Gasteiger partial charge in [-0.15, -0.1) is 5.10 Å². The van der Waals surface area contributed by atoms with Crippen LogP contribution in [0.4, 0.5) is 0 Å². The van der Waals surface area contributed by atoms with Crippen LogP contribution in [0.2, 0.25) is 5.15 Å². The van der Waals surface area contributed by atoms with E-state index in [9.17, 15) is 0 Å². The van der Waals surface area contributed by atoms with Crippen LogP contribution in [0, 0.1) is 13.8 Å². The van der Waals surface area contributed by atoms with E-state index in [0.29, 0.717) is 5.15 Å². The first-order chi connectivity index (χ1) is 9.54. The quantitative estimate of drug-likeness (QED) is 0.891. The van der Waals surface area contributed by atoms with Crippen LogP contribution < -0.4 is 5.32 Å². The van der Waals surface area contributed by atoms with E-state index < -0.39 is 0 Å². The number of hydrogen-bond acceptors (Lipinski definition) is 5. The molecule has 0 spiro atoms. The van der Waals surface area contributed by atoms with Crippen LogP contribution >= 0.6 is 23.1 Å². The summed E-state index contributed by atoms with van der Waals surface area (Å²) in [7, 11) is 1.87. The summed E-state index contributed by atoms with van der Waals surface area (Å²) in [6.07, 6.45) is 1.89. The Morgan fingerprint density at radius 1 is 1.35 bits per heavy atom. The minimum atomic E-state index is 0.190. The highest BCUT2D eigenvalue weighted by Crippen LogP contribution is 2.28. The predicted octanol–water partition coefficient (Wildman–Crippen LogP) is 2.83. The molecule has 2 heterocycles. The van der Waals surface area contributed by atoms with Crippen molar-refractivity contribution >= 4 is 23.1 Å². The zero-order chi connectivity index (χ0) is 14.7. The molecule has 2 aromatic rings.